The van der Waals surface area contributed by atoms with Gasteiger partial charge in [0.15, 0.2) is 0 Å². The maximum atomic E-state index is 5.82. The first-order chi connectivity index (χ1) is 7.58. The summed E-state index contributed by atoms with van der Waals surface area (Å²) in [7, 11) is 0. The molecule has 0 unspecified atom stereocenters. The van der Waals surface area contributed by atoms with Gasteiger partial charge in [0.25, 0.3) is 0 Å². The van der Waals surface area contributed by atoms with Gasteiger partial charge in [0.2, 0.25) is 0 Å². The van der Waals surface area contributed by atoms with Gasteiger partial charge >= 0.3 is 0 Å². The van der Waals surface area contributed by atoms with Crippen LogP contribution in [-0.2, 0) is 0 Å². The largest absolute Gasteiger partial charge is 0.399 e. The van der Waals surface area contributed by atoms with E-state index < -0.39 is 0 Å². The van der Waals surface area contributed by atoms with Gasteiger partial charge in [-0.3, -0.25) is 0 Å². The number of anilines is 2. The predicted molar refractivity (Wildman–Crippen MR) is 70.2 cm³/mol. The fourth-order valence-electron chi connectivity index (χ4n) is 1.86. The number of rotatable bonds is 1. The molecular formula is C14H16N2. The maximum Gasteiger partial charge on any atom is 0.0320 e. The molecule has 0 heterocycles. The normalized spacial score (nSPS) is 10.4. The molecule has 4 N–H and O–H groups in total. The maximum absolute atomic E-state index is 5.82. The molecule has 16 heavy (non-hydrogen) atoms. The summed E-state index contributed by atoms with van der Waals surface area (Å²) in [5.74, 6) is 0. The molecule has 0 atom stereocenters. The molecule has 0 saturated heterocycles. The van der Waals surface area contributed by atoms with E-state index in [0.717, 1.165) is 22.5 Å². The molecule has 2 aromatic carbocycles. The minimum Gasteiger partial charge on any atom is -0.399 e. The highest BCUT2D eigenvalue weighted by atomic mass is 14.5. The summed E-state index contributed by atoms with van der Waals surface area (Å²) in [5, 5.41) is 0. The molecule has 0 saturated carbocycles. The minimum absolute atomic E-state index is 0.780. The van der Waals surface area contributed by atoms with Gasteiger partial charge in [-0.05, 0) is 60.4 Å². The van der Waals surface area contributed by atoms with Crippen LogP contribution in [0.1, 0.15) is 11.1 Å². The van der Waals surface area contributed by atoms with Crippen molar-refractivity contribution in [3.05, 3.63) is 47.5 Å². The predicted octanol–water partition coefficient (Wildman–Crippen LogP) is 3.13. The van der Waals surface area contributed by atoms with Gasteiger partial charge in [0.05, 0.1) is 0 Å². The standard InChI is InChI=1S/C14H16N2/c1-9-3-5-11(15)7-13(9)14-8-12(16)6-4-10(14)2/h3-8H,15-16H2,1-2H3. The van der Waals surface area contributed by atoms with Crippen LogP contribution in [0.25, 0.3) is 11.1 Å². The fourth-order valence-corrected chi connectivity index (χ4v) is 1.86. The third-order valence-corrected chi connectivity index (χ3v) is 2.81. The molecule has 0 bridgehead atoms. The first-order valence-electron chi connectivity index (χ1n) is 5.30. The van der Waals surface area contributed by atoms with Gasteiger partial charge in [-0.1, -0.05) is 12.1 Å². The monoisotopic (exact) mass is 212 g/mol. The molecule has 0 aliphatic carbocycles. The van der Waals surface area contributed by atoms with E-state index in [9.17, 15) is 0 Å². The van der Waals surface area contributed by atoms with E-state index >= 15 is 0 Å². The van der Waals surface area contributed by atoms with Gasteiger partial charge in [0, 0.05) is 11.4 Å². The van der Waals surface area contributed by atoms with Crippen molar-refractivity contribution in [3.63, 3.8) is 0 Å². The second-order valence-corrected chi connectivity index (χ2v) is 4.15. The van der Waals surface area contributed by atoms with Gasteiger partial charge in [-0.15, -0.1) is 0 Å². The van der Waals surface area contributed by atoms with Crippen LogP contribution in [0.3, 0.4) is 0 Å². The van der Waals surface area contributed by atoms with Crippen molar-refractivity contribution in [1.29, 1.82) is 0 Å². The van der Waals surface area contributed by atoms with Crippen molar-refractivity contribution in [1.82, 2.24) is 0 Å². The van der Waals surface area contributed by atoms with Crippen LogP contribution in [0, 0.1) is 13.8 Å². The van der Waals surface area contributed by atoms with E-state index in [1.54, 1.807) is 0 Å². The molecule has 0 aliphatic heterocycles. The van der Waals surface area contributed by atoms with E-state index in [1.165, 1.54) is 11.1 Å². The van der Waals surface area contributed by atoms with Gasteiger partial charge in [-0.2, -0.15) is 0 Å². The average molecular weight is 212 g/mol. The van der Waals surface area contributed by atoms with Crippen LogP contribution in [0.2, 0.25) is 0 Å². The van der Waals surface area contributed by atoms with Crippen molar-refractivity contribution in [2.75, 3.05) is 11.5 Å². The van der Waals surface area contributed by atoms with Gasteiger partial charge in [-0.25, -0.2) is 0 Å². The average Bonchev–Trinajstić information content (AvgIpc) is 2.25. The molecule has 0 aromatic heterocycles. The van der Waals surface area contributed by atoms with E-state index in [1.807, 2.05) is 36.4 Å². The van der Waals surface area contributed by atoms with Crippen molar-refractivity contribution in [3.8, 4) is 11.1 Å². The topological polar surface area (TPSA) is 52.0 Å². The van der Waals surface area contributed by atoms with E-state index in [2.05, 4.69) is 13.8 Å². The Morgan fingerprint density at radius 1 is 0.688 bits per heavy atom. The minimum atomic E-state index is 0.780. The Morgan fingerprint density at radius 3 is 1.44 bits per heavy atom. The Labute approximate surface area is 95.9 Å². The Kier molecular flexibility index (Phi) is 2.57. The molecule has 0 aliphatic rings. The second-order valence-electron chi connectivity index (χ2n) is 4.15. The number of nitrogen functional groups attached to an aromatic ring is 2. The molecule has 2 nitrogen and oxygen atoms in total. The summed E-state index contributed by atoms with van der Waals surface area (Å²) in [5.41, 5.74) is 17.9. The fraction of sp³-hybridized carbons (Fsp3) is 0.143. The number of hydrogen-bond donors (Lipinski definition) is 2. The Bertz CT molecular complexity index is 481. The van der Waals surface area contributed by atoms with Crippen molar-refractivity contribution < 1.29 is 0 Å². The zero-order valence-electron chi connectivity index (χ0n) is 9.62. The lowest BCUT2D eigenvalue weighted by Crippen LogP contribution is -1.93. The lowest BCUT2D eigenvalue weighted by molar-refractivity contribution is 1.41. The summed E-state index contributed by atoms with van der Waals surface area (Å²) in [4.78, 5) is 0. The number of hydrogen-bond acceptors (Lipinski definition) is 2. The van der Waals surface area contributed by atoms with Gasteiger partial charge in [0.1, 0.15) is 0 Å². The third kappa shape index (κ3) is 1.87. The molecular weight excluding hydrogens is 196 g/mol. The van der Waals surface area contributed by atoms with Crippen molar-refractivity contribution in [2.24, 2.45) is 0 Å². The zero-order chi connectivity index (χ0) is 11.7. The third-order valence-electron chi connectivity index (χ3n) is 2.81. The van der Waals surface area contributed by atoms with Crippen molar-refractivity contribution >= 4 is 11.4 Å². The molecule has 2 aromatic rings. The van der Waals surface area contributed by atoms with Crippen LogP contribution < -0.4 is 11.5 Å². The molecule has 0 spiro atoms. The van der Waals surface area contributed by atoms with Crippen LogP contribution in [-0.4, -0.2) is 0 Å². The first kappa shape index (κ1) is 10.6. The summed E-state index contributed by atoms with van der Waals surface area (Å²) in [6, 6.07) is 11.9. The van der Waals surface area contributed by atoms with Crippen LogP contribution in [0.15, 0.2) is 36.4 Å². The quantitative estimate of drug-likeness (QED) is 0.713. The van der Waals surface area contributed by atoms with Crippen molar-refractivity contribution in [2.45, 2.75) is 13.8 Å². The molecule has 0 amide bonds. The smallest absolute Gasteiger partial charge is 0.0320 e. The first-order valence-corrected chi connectivity index (χ1v) is 5.30. The number of benzene rings is 2. The molecule has 2 rings (SSSR count). The molecule has 82 valence electrons. The van der Waals surface area contributed by atoms with E-state index in [4.69, 9.17) is 11.5 Å². The molecule has 2 heteroatoms. The van der Waals surface area contributed by atoms with E-state index in [-0.39, 0.29) is 0 Å². The lowest BCUT2D eigenvalue weighted by Gasteiger charge is -2.11. The van der Waals surface area contributed by atoms with Crippen LogP contribution in [0.5, 0.6) is 0 Å². The Hall–Kier alpha value is -1.96. The highest BCUT2D eigenvalue weighted by Crippen LogP contribution is 2.29. The summed E-state index contributed by atoms with van der Waals surface area (Å²) >= 11 is 0. The lowest BCUT2D eigenvalue weighted by atomic mass is 9.96. The Morgan fingerprint density at radius 2 is 1.06 bits per heavy atom. The highest BCUT2D eigenvalue weighted by Gasteiger charge is 2.05. The van der Waals surface area contributed by atoms with Crippen LogP contribution >= 0.6 is 0 Å². The number of aryl methyl sites for hydroxylation is 2. The van der Waals surface area contributed by atoms with Gasteiger partial charge < -0.3 is 11.5 Å². The zero-order valence-corrected chi connectivity index (χ0v) is 9.62. The molecule has 0 fully saturated rings. The second kappa shape index (κ2) is 3.89. The SMILES string of the molecule is Cc1ccc(N)cc1-c1cc(N)ccc1C. The highest BCUT2D eigenvalue weighted by molar-refractivity contribution is 5.75. The van der Waals surface area contributed by atoms with Crippen LogP contribution in [0.4, 0.5) is 11.4 Å². The number of nitrogens with two attached hydrogens (primary N) is 2. The van der Waals surface area contributed by atoms with E-state index in [0.29, 0.717) is 0 Å². The summed E-state index contributed by atoms with van der Waals surface area (Å²) < 4.78 is 0. The Balaban J connectivity index is 2.66. The summed E-state index contributed by atoms with van der Waals surface area (Å²) in [6.45, 7) is 4.16. The molecule has 0 radical (unpaired) electrons. The summed E-state index contributed by atoms with van der Waals surface area (Å²) in [6.07, 6.45) is 0.